The molecule has 1 N–H and O–H groups in total. The molecule has 0 radical (unpaired) electrons. The van der Waals surface area contributed by atoms with Gasteiger partial charge in [-0.15, -0.1) is 0 Å². The van der Waals surface area contributed by atoms with Crippen LogP contribution in [0.15, 0.2) is 39.6 Å². The van der Waals surface area contributed by atoms with Crippen LogP contribution in [0, 0.1) is 25.2 Å². The fraction of sp³-hybridized carbons (Fsp3) is 0.348. The molecule has 160 valence electrons. The summed E-state index contributed by atoms with van der Waals surface area (Å²) in [4.78, 5) is 11.7. The van der Waals surface area contributed by atoms with Crippen LogP contribution in [-0.4, -0.2) is 29.1 Å². The molecule has 1 aliphatic heterocycles. The molecule has 1 aliphatic rings. The number of nitrogens with one attached hydrogen (secondary N) is 1. The van der Waals surface area contributed by atoms with Crippen LogP contribution in [0.3, 0.4) is 0 Å². The summed E-state index contributed by atoms with van der Waals surface area (Å²) in [6.07, 6.45) is 3.86. The maximum absolute atomic E-state index is 9.21. The molecule has 0 spiro atoms. The maximum atomic E-state index is 9.21. The van der Waals surface area contributed by atoms with Gasteiger partial charge < -0.3 is 15.0 Å². The number of nitriles is 1. The number of aryl methyl sites for hydroxylation is 2. The van der Waals surface area contributed by atoms with Gasteiger partial charge in [-0.3, -0.25) is 0 Å². The number of piperidine rings is 1. The van der Waals surface area contributed by atoms with Crippen LogP contribution in [0.25, 0.3) is 0 Å². The molecule has 0 atom stereocenters. The Morgan fingerprint density at radius 1 is 1.29 bits per heavy atom. The van der Waals surface area contributed by atoms with Crippen molar-refractivity contribution in [2.45, 2.75) is 39.3 Å². The topological polar surface area (TPSA) is 74.1 Å². The zero-order valence-corrected chi connectivity index (χ0v) is 20.0. The Bertz CT molecular complexity index is 1070. The summed E-state index contributed by atoms with van der Waals surface area (Å²) in [5.41, 5.74) is 3.68. The second-order valence-corrected chi connectivity index (χ2v) is 9.35. The van der Waals surface area contributed by atoms with Gasteiger partial charge in [-0.2, -0.15) is 21.6 Å². The van der Waals surface area contributed by atoms with Gasteiger partial charge in [0.25, 0.3) is 0 Å². The summed E-state index contributed by atoms with van der Waals surface area (Å²) in [5, 5.41) is 16.9. The SMILES string of the molecule is Cc1cc(C#N)cc(C)c1Oc1nc(N(Cc2ccsc2)C2CCNCC2)ncc1Br. The first-order chi connectivity index (χ1) is 15.0. The highest BCUT2D eigenvalue weighted by molar-refractivity contribution is 9.10. The van der Waals surface area contributed by atoms with E-state index in [0.29, 0.717) is 27.9 Å². The van der Waals surface area contributed by atoms with Gasteiger partial charge in [0.2, 0.25) is 11.8 Å². The molecule has 0 aliphatic carbocycles. The van der Waals surface area contributed by atoms with E-state index in [1.54, 1.807) is 17.5 Å². The molecular formula is C23H24BrN5OS. The molecule has 1 fully saturated rings. The Morgan fingerprint density at radius 2 is 2.03 bits per heavy atom. The van der Waals surface area contributed by atoms with Crippen molar-refractivity contribution >= 4 is 33.2 Å². The quantitative estimate of drug-likeness (QED) is 0.495. The zero-order chi connectivity index (χ0) is 21.8. The van der Waals surface area contributed by atoms with Crippen LogP contribution in [0.5, 0.6) is 11.6 Å². The third-order valence-corrected chi connectivity index (χ3v) is 6.70. The monoisotopic (exact) mass is 497 g/mol. The molecule has 31 heavy (non-hydrogen) atoms. The number of hydrogen-bond donors (Lipinski definition) is 1. The molecule has 3 aromatic rings. The lowest BCUT2D eigenvalue weighted by Crippen LogP contribution is -2.43. The van der Waals surface area contributed by atoms with Gasteiger partial charge in [0.15, 0.2) is 0 Å². The fourth-order valence-corrected chi connectivity index (χ4v) is 4.82. The summed E-state index contributed by atoms with van der Waals surface area (Å²) in [6.45, 7) is 6.64. The van der Waals surface area contributed by atoms with E-state index in [0.717, 1.165) is 49.4 Å². The van der Waals surface area contributed by atoms with Crippen molar-refractivity contribution < 1.29 is 4.74 Å². The minimum atomic E-state index is 0.369. The van der Waals surface area contributed by atoms with E-state index >= 15 is 0 Å². The van der Waals surface area contributed by atoms with Gasteiger partial charge in [-0.05, 0) is 101 Å². The predicted molar refractivity (Wildman–Crippen MR) is 127 cm³/mol. The molecule has 0 saturated carbocycles. The lowest BCUT2D eigenvalue weighted by atomic mass is 10.0. The van der Waals surface area contributed by atoms with E-state index in [1.807, 2.05) is 26.0 Å². The smallest absolute Gasteiger partial charge is 0.238 e. The highest BCUT2D eigenvalue weighted by Crippen LogP contribution is 2.34. The second kappa shape index (κ2) is 9.77. The largest absolute Gasteiger partial charge is 0.437 e. The number of rotatable bonds is 6. The summed E-state index contributed by atoms with van der Waals surface area (Å²) in [5.74, 6) is 1.86. The molecule has 3 heterocycles. The van der Waals surface area contributed by atoms with Crippen LogP contribution < -0.4 is 15.0 Å². The van der Waals surface area contributed by atoms with E-state index < -0.39 is 0 Å². The van der Waals surface area contributed by atoms with Gasteiger partial charge in [0, 0.05) is 12.6 Å². The fourth-order valence-electron chi connectivity index (χ4n) is 3.89. The van der Waals surface area contributed by atoms with E-state index in [-0.39, 0.29) is 0 Å². The molecular weight excluding hydrogens is 474 g/mol. The van der Waals surface area contributed by atoms with Crippen molar-refractivity contribution in [1.29, 1.82) is 5.26 Å². The first kappa shape index (κ1) is 21.8. The van der Waals surface area contributed by atoms with Gasteiger partial charge >= 0.3 is 0 Å². The number of nitrogens with zero attached hydrogens (tertiary/aromatic N) is 4. The Kier molecular flexibility index (Phi) is 6.86. The van der Waals surface area contributed by atoms with Crippen LogP contribution in [0.4, 0.5) is 5.95 Å². The first-order valence-electron chi connectivity index (χ1n) is 10.3. The summed E-state index contributed by atoms with van der Waals surface area (Å²) in [7, 11) is 0. The minimum Gasteiger partial charge on any atom is -0.437 e. The van der Waals surface area contributed by atoms with E-state index in [2.05, 4.69) is 54.0 Å². The van der Waals surface area contributed by atoms with Gasteiger partial charge in [0.05, 0.1) is 22.3 Å². The average molecular weight is 498 g/mol. The Labute approximate surface area is 195 Å². The first-order valence-corrected chi connectivity index (χ1v) is 12.0. The van der Waals surface area contributed by atoms with Crippen molar-refractivity contribution in [3.63, 3.8) is 0 Å². The van der Waals surface area contributed by atoms with Gasteiger partial charge in [-0.1, -0.05) is 0 Å². The Balaban J connectivity index is 1.67. The molecule has 8 heteroatoms. The summed E-state index contributed by atoms with van der Waals surface area (Å²) < 4.78 is 6.93. The van der Waals surface area contributed by atoms with Crippen molar-refractivity contribution in [3.8, 4) is 17.7 Å². The second-order valence-electron chi connectivity index (χ2n) is 7.72. The highest BCUT2D eigenvalue weighted by atomic mass is 79.9. The number of halogens is 1. The number of benzene rings is 1. The molecule has 0 bridgehead atoms. The average Bonchev–Trinajstić information content (AvgIpc) is 3.29. The third-order valence-electron chi connectivity index (χ3n) is 5.43. The summed E-state index contributed by atoms with van der Waals surface area (Å²) in [6, 6.07) is 8.37. The van der Waals surface area contributed by atoms with Crippen LogP contribution in [0.1, 0.15) is 35.1 Å². The standard InChI is InChI=1S/C23H24BrN5OS/c1-15-9-18(11-25)10-16(2)21(15)30-22-20(24)12-27-23(28-22)29(13-17-5-8-31-14-17)19-3-6-26-7-4-19/h5,8-10,12,14,19,26H,3-4,6-7,13H2,1-2H3. The molecule has 0 amide bonds. The molecule has 1 saturated heterocycles. The number of aromatic nitrogens is 2. The number of ether oxygens (including phenoxy) is 1. The van der Waals surface area contributed by atoms with Crippen molar-refractivity contribution in [3.05, 3.63) is 61.9 Å². The molecule has 6 nitrogen and oxygen atoms in total. The Morgan fingerprint density at radius 3 is 2.68 bits per heavy atom. The van der Waals surface area contributed by atoms with E-state index in [4.69, 9.17) is 9.72 Å². The highest BCUT2D eigenvalue weighted by Gasteiger charge is 2.25. The Hall–Kier alpha value is -2.47. The van der Waals surface area contributed by atoms with E-state index in [1.165, 1.54) is 5.56 Å². The maximum Gasteiger partial charge on any atom is 0.238 e. The minimum absolute atomic E-state index is 0.369. The van der Waals surface area contributed by atoms with Crippen molar-refractivity contribution in [1.82, 2.24) is 15.3 Å². The van der Waals surface area contributed by atoms with Crippen LogP contribution in [0.2, 0.25) is 0 Å². The van der Waals surface area contributed by atoms with Gasteiger partial charge in [-0.25, -0.2) is 4.98 Å². The number of anilines is 1. The lowest BCUT2D eigenvalue weighted by Gasteiger charge is -2.34. The predicted octanol–water partition coefficient (Wildman–Crippen LogP) is 5.34. The summed E-state index contributed by atoms with van der Waals surface area (Å²) >= 11 is 5.24. The van der Waals surface area contributed by atoms with Crippen molar-refractivity contribution in [2.75, 3.05) is 18.0 Å². The van der Waals surface area contributed by atoms with Gasteiger partial charge in [0.1, 0.15) is 5.75 Å². The normalized spacial score (nSPS) is 14.3. The molecule has 4 rings (SSSR count). The number of hydrogen-bond acceptors (Lipinski definition) is 7. The molecule has 0 unspecified atom stereocenters. The molecule has 2 aromatic heterocycles. The lowest BCUT2D eigenvalue weighted by molar-refractivity contribution is 0.418. The zero-order valence-electron chi connectivity index (χ0n) is 17.6. The molecule has 1 aromatic carbocycles. The van der Waals surface area contributed by atoms with E-state index in [9.17, 15) is 5.26 Å². The number of thiophene rings is 1. The van der Waals surface area contributed by atoms with Crippen LogP contribution >= 0.6 is 27.3 Å². The third kappa shape index (κ3) is 5.06. The van der Waals surface area contributed by atoms with Crippen LogP contribution in [-0.2, 0) is 6.54 Å². The van der Waals surface area contributed by atoms with Crippen molar-refractivity contribution in [2.24, 2.45) is 0 Å².